The minimum Gasteiger partial charge on any atom is -0.454 e. The van der Waals surface area contributed by atoms with Crippen molar-refractivity contribution in [1.82, 2.24) is 9.97 Å². The number of benzene rings is 2. The molecule has 0 aliphatic rings. The third kappa shape index (κ3) is 4.44. The quantitative estimate of drug-likeness (QED) is 0.367. The predicted octanol–water partition coefficient (Wildman–Crippen LogP) is 5.23. The van der Waals surface area contributed by atoms with Crippen molar-refractivity contribution in [3.05, 3.63) is 80.3 Å². The Morgan fingerprint density at radius 2 is 1.93 bits per heavy atom. The van der Waals surface area contributed by atoms with Crippen molar-refractivity contribution < 1.29 is 14.3 Å². The summed E-state index contributed by atoms with van der Waals surface area (Å²) in [6, 6.07) is 15.2. The number of fused-ring (bicyclic) bond motifs is 1. The summed E-state index contributed by atoms with van der Waals surface area (Å²) in [5, 5.41) is 6.27. The molecule has 1 amide bonds. The van der Waals surface area contributed by atoms with Gasteiger partial charge < -0.3 is 15.0 Å². The van der Waals surface area contributed by atoms with Crippen LogP contribution in [0, 0.1) is 6.92 Å². The van der Waals surface area contributed by atoms with Gasteiger partial charge in [0.15, 0.2) is 0 Å². The fourth-order valence-electron chi connectivity index (χ4n) is 3.00. The van der Waals surface area contributed by atoms with Gasteiger partial charge in [0.05, 0.1) is 16.6 Å². The third-order valence-corrected chi connectivity index (χ3v) is 6.25. The van der Waals surface area contributed by atoms with Crippen LogP contribution in [0.2, 0.25) is 0 Å². The standard InChI is InChI=1S/C22H18BrN3O3S/c1-13-6-2-4-8-16(13)25-18(27)10-19-24-14(12-30-19)11-29-22(28)21-20(23)15-7-3-5-9-17(15)26-21/h2-9,12,26H,10-11H2,1H3,(H,25,27). The smallest absolute Gasteiger partial charge is 0.356 e. The molecule has 0 aliphatic carbocycles. The SMILES string of the molecule is Cc1ccccc1NC(=O)Cc1nc(COC(=O)c2[nH]c3ccccc3c2Br)cs1. The number of nitrogens with one attached hydrogen (secondary N) is 2. The molecule has 0 unspecified atom stereocenters. The van der Waals surface area contributed by atoms with Crippen molar-refractivity contribution in [2.45, 2.75) is 20.0 Å². The van der Waals surface area contributed by atoms with E-state index in [-0.39, 0.29) is 18.9 Å². The van der Waals surface area contributed by atoms with Gasteiger partial charge in [-0.3, -0.25) is 4.79 Å². The summed E-state index contributed by atoms with van der Waals surface area (Å²) in [5.41, 5.74) is 3.62. The number of aromatic nitrogens is 2. The molecular formula is C22H18BrN3O3S. The van der Waals surface area contributed by atoms with Crippen LogP contribution in [-0.4, -0.2) is 21.8 Å². The highest BCUT2D eigenvalue weighted by atomic mass is 79.9. The summed E-state index contributed by atoms with van der Waals surface area (Å²) >= 11 is 4.82. The Bertz CT molecular complexity index is 1230. The first-order chi connectivity index (χ1) is 14.5. The molecule has 6 nitrogen and oxygen atoms in total. The molecule has 0 fully saturated rings. The Labute approximate surface area is 185 Å². The number of amides is 1. The van der Waals surface area contributed by atoms with Gasteiger partial charge in [0.25, 0.3) is 0 Å². The largest absolute Gasteiger partial charge is 0.454 e. The lowest BCUT2D eigenvalue weighted by molar-refractivity contribution is -0.115. The molecule has 2 aromatic heterocycles. The Kier molecular flexibility index (Phi) is 5.96. The number of ether oxygens (including phenoxy) is 1. The second kappa shape index (κ2) is 8.81. The fraction of sp³-hybridized carbons (Fsp3) is 0.136. The summed E-state index contributed by atoms with van der Waals surface area (Å²) in [6.45, 7) is 1.98. The van der Waals surface area contributed by atoms with Crippen molar-refractivity contribution in [2.24, 2.45) is 0 Å². The topological polar surface area (TPSA) is 84.1 Å². The van der Waals surface area contributed by atoms with E-state index >= 15 is 0 Å². The number of thiazole rings is 1. The molecule has 2 N–H and O–H groups in total. The minimum absolute atomic E-state index is 0.0382. The van der Waals surface area contributed by atoms with Gasteiger partial charge >= 0.3 is 5.97 Å². The maximum absolute atomic E-state index is 12.5. The van der Waals surface area contributed by atoms with Crippen molar-refractivity contribution in [1.29, 1.82) is 0 Å². The summed E-state index contributed by atoms with van der Waals surface area (Å²) in [7, 11) is 0. The van der Waals surface area contributed by atoms with E-state index in [0.717, 1.165) is 22.2 Å². The molecule has 0 saturated carbocycles. The van der Waals surface area contributed by atoms with Crippen LogP contribution in [0.25, 0.3) is 10.9 Å². The molecule has 30 heavy (non-hydrogen) atoms. The number of hydrogen-bond acceptors (Lipinski definition) is 5. The first-order valence-electron chi connectivity index (χ1n) is 9.23. The normalized spacial score (nSPS) is 10.9. The second-order valence-corrected chi connectivity index (χ2v) is 8.44. The van der Waals surface area contributed by atoms with Crippen LogP contribution in [0.4, 0.5) is 5.69 Å². The van der Waals surface area contributed by atoms with Gasteiger partial charge in [-0.05, 0) is 40.5 Å². The van der Waals surface area contributed by atoms with E-state index in [1.807, 2.05) is 55.5 Å². The van der Waals surface area contributed by atoms with Crippen molar-refractivity contribution in [3.63, 3.8) is 0 Å². The molecule has 0 spiro atoms. The average Bonchev–Trinajstić information content (AvgIpc) is 3.32. The number of H-pyrrole nitrogens is 1. The van der Waals surface area contributed by atoms with E-state index in [1.54, 1.807) is 5.38 Å². The maximum atomic E-state index is 12.5. The maximum Gasteiger partial charge on any atom is 0.356 e. The fourth-order valence-corrected chi connectivity index (χ4v) is 4.39. The van der Waals surface area contributed by atoms with Crippen LogP contribution in [0.3, 0.4) is 0 Å². The molecule has 0 aliphatic heterocycles. The van der Waals surface area contributed by atoms with Crippen LogP contribution in [-0.2, 0) is 22.6 Å². The number of aromatic amines is 1. The first-order valence-corrected chi connectivity index (χ1v) is 10.9. The molecule has 152 valence electrons. The highest BCUT2D eigenvalue weighted by Crippen LogP contribution is 2.28. The molecule has 0 radical (unpaired) electrons. The van der Waals surface area contributed by atoms with Crippen molar-refractivity contribution >= 4 is 55.7 Å². The number of esters is 1. The minimum atomic E-state index is -0.468. The van der Waals surface area contributed by atoms with Gasteiger partial charge in [-0.1, -0.05) is 36.4 Å². The lowest BCUT2D eigenvalue weighted by atomic mass is 10.2. The molecule has 4 aromatic rings. The van der Waals surface area contributed by atoms with Crippen LogP contribution in [0.15, 0.2) is 58.4 Å². The zero-order chi connectivity index (χ0) is 21.1. The number of para-hydroxylation sites is 2. The number of nitrogens with zero attached hydrogens (tertiary/aromatic N) is 1. The summed E-state index contributed by atoms with van der Waals surface area (Å²) in [4.78, 5) is 32.2. The number of rotatable bonds is 6. The highest BCUT2D eigenvalue weighted by molar-refractivity contribution is 9.10. The van der Waals surface area contributed by atoms with Crippen molar-refractivity contribution in [2.75, 3.05) is 5.32 Å². The van der Waals surface area contributed by atoms with Gasteiger partial charge in [0, 0.05) is 22.0 Å². The number of anilines is 1. The highest BCUT2D eigenvalue weighted by Gasteiger charge is 2.18. The van der Waals surface area contributed by atoms with E-state index in [4.69, 9.17) is 4.74 Å². The lowest BCUT2D eigenvalue weighted by Gasteiger charge is -2.06. The van der Waals surface area contributed by atoms with E-state index in [2.05, 4.69) is 31.2 Å². The zero-order valence-electron chi connectivity index (χ0n) is 16.1. The number of carbonyl (C=O) groups excluding carboxylic acids is 2. The van der Waals surface area contributed by atoms with Crippen LogP contribution >= 0.6 is 27.3 Å². The van der Waals surface area contributed by atoms with Gasteiger partial charge in [-0.25, -0.2) is 9.78 Å². The van der Waals surface area contributed by atoms with E-state index in [9.17, 15) is 9.59 Å². The van der Waals surface area contributed by atoms with Crippen LogP contribution in [0.1, 0.15) is 26.8 Å². The molecule has 8 heteroatoms. The number of hydrogen-bond donors (Lipinski definition) is 2. The molecule has 2 aromatic carbocycles. The Balaban J connectivity index is 1.35. The van der Waals surface area contributed by atoms with E-state index in [0.29, 0.717) is 20.9 Å². The average molecular weight is 484 g/mol. The number of carbonyl (C=O) groups is 2. The molecule has 0 bridgehead atoms. The first kappa shape index (κ1) is 20.3. The summed E-state index contributed by atoms with van der Waals surface area (Å²) < 4.78 is 6.07. The molecule has 0 saturated heterocycles. The number of aryl methyl sites for hydroxylation is 1. The molecule has 0 atom stereocenters. The lowest BCUT2D eigenvalue weighted by Crippen LogP contribution is -2.15. The van der Waals surface area contributed by atoms with E-state index in [1.165, 1.54) is 11.3 Å². The van der Waals surface area contributed by atoms with Gasteiger partial charge in [-0.2, -0.15) is 0 Å². The van der Waals surface area contributed by atoms with Crippen LogP contribution in [0.5, 0.6) is 0 Å². The molecule has 4 rings (SSSR count). The number of halogens is 1. The van der Waals surface area contributed by atoms with Gasteiger partial charge in [-0.15, -0.1) is 11.3 Å². The Morgan fingerprint density at radius 3 is 2.73 bits per heavy atom. The van der Waals surface area contributed by atoms with Crippen molar-refractivity contribution in [3.8, 4) is 0 Å². The van der Waals surface area contributed by atoms with Gasteiger partial charge in [0.1, 0.15) is 17.3 Å². The van der Waals surface area contributed by atoms with E-state index < -0.39 is 5.97 Å². The van der Waals surface area contributed by atoms with Gasteiger partial charge in [0.2, 0.25) is 5.91 Å². The molecule has 2 heterocycles. The summed E-state index contributed by atoms with van der Waals surface area (Å²) in [5.74, 6) is -0.603. The molecular weight excluding hydrogens is 466 g/mol. The Hall–Kier alpha value is -2.97. The monoisotopic (exact) mass is 483 g/mol. The predicted molar refractivity (Wildman–Crippen MR) is 121 cm³/mol. The summed E-state index contributed by atoms with van der Waals surface area (Å²) in [6.07, 6.45) is 0.167. The zero-order valence-corrected chi connectivity index (χ0v) is 18.5. The third-order valence-electron chi connectivity index (χ3n) is 4.53. The Morgan fingerprint density at radius 1 is 1.17 bits per heavy atom. The second-order valence-electron chi connectivity index (χ2n) is 6.71. The van der Waals surface area contributed by atoms with Crippen LogP contribution < -0.4 is 5.32 Å².